The normalized spacial score (nSPS) is 15.9. The Morgan fingerprint density at radius 3 is 1.41 bits per heavy atom. The topological polar surface area (TPSA) is 84.4 Å². The summed E-state index contributed by atoms with van der Waals surface area (Å²) in [6.07, 6.45) is 11.7. The minimum atomic E-state index is -2.86. The van der Waals surface area contributed by atoms with Crippen molar-refractivity contribution in [3.63, 3.8) is 0 Å². The molecule has 2 aliphatic rings. The Kier molecular flexibility index (Phi) is 17.4. The first kappa shape index (κ1) is 19.0. The maximum atomic E-state index is 8.56. The van der Waals surface area contributed by atoms with Gasteiger partial charge in [-0.05, 0) is 46.9 Å². The number of hydrogen-bond donors (Lipinski definition) is 3. The number of nitrogens with one attached hydrogen (secondary N) is 2. The van der Waals surface area contributed by atoms with Crippen LogP contribution in [-0.4, -0.2) is 13.3 Å². The maximum absolute atomic E-state index is 8.56. The summed E-state index contributed by atoms with van der Waals surface area (Å²) < 4.78 is 30.0. The van der Waals surface area contributed by atoms with Crippen molar-refractivity contribution in [2.45, 2.75) is 0 Å². The average Bonchev–Trinajstić information content (AvgIpc) is 2.34. The molecule has 1 atom stereocenters. The molecule has 2 heterocycles. The maximum Gasteiger partial charge on any atom is 0.0814 e. The van der Waals surface area contributed by atoms with Gasteiger partial charge in [0.25, 0.3) is 0 Å². The summed E-state index contributed by atoms with van der Waals surface area (Å²) in [5, 5.41) is 3.97. The Morgan fingerprint density at radius 1 is 1.00 bits per heavy atom. The average molecular weight is 316 g/mol. The summed E-state index contributed by atoms with van der Waals surface area (Å²) in [6.45, 7) is 0. The van der Waals surface area contributed by atoms with Gasteiger partial charge in [-0.25, -0.2) is 4.21 Å². The Bertz CT molecular complexity index is 256. The summed E-state index contributed by atoms with van der Waals surface area (Å²) in [5.74, 6) is 0. The van der Waals surface area contributed by atoms with E-state index >= 15 is 0 Å². The van der Waals surface area contributed by atoms with Crippen LogP contribution in [0.4, 0.5) is 0 Å². The molecule has 17 heavy (non-hydrogen) atoms. The predicted octanol–water partition coefficient (Wildman–Crippen LogP) is 2.29. The van der Waals surface area contributed by atoms with Gasteiger partial charge in [-0.1, -0.05) is 12.2 Å². The molecule has 0 aromatic heterocycles. The standard InChI is InChI=1S/2C4H5NS.ClH.H2O3S/c2*1-2-4-6-5-3-1;;1-4(2)3/h2*1-5H;1H;(H2,1,2,3)/p-1. The van der Waals surface area contributed by atoms with E-state index in [1.807, 2.05) is 47.5 Å². The smallest absolute Gasteiger partial charge is 0.0814 e. The molecule has 3 N–H and O–H groups in total. The van der Waals surface area contributed by atoms with Crippen molar-refractivity contribution < 1.29 is 13.3 Å². The van der Waals surface area contributed by atoms with Gasteiger partial charge in [0.2, 0.25) is 0 Å². The molecule has 0 aromatic carbocycles. The summed E-state index contributed by atoms with van der Waals surface area (Å²) >= 11 is 0.294. The van der Waals surface area contributed by atoms with Crippen molar-refractivity contribution in [3.05, 3.63) is 47.5 Å². The van der Waals surface area contributed by atoms with Crippen molar-refractivity contribution >= 4 is 47.7 Å². The van der Waals surface area contributed by atoms with Crippen molar-refractivity contribution in [3.8, 4) is 0 Å². The van der Waals surface area contributed by atoms with Crippen molar-refractivity contribution in [2.75, 3.05) is 0 Å². The van der Waals surface area contributed by atoms with Crippen molar-refractivity contribution in [2.24, 2.45) is 0 Å². The summed E-state index contributed by atoms with van der Waals surface area (Å²) in [7, 11) is 0. The Morgan fingerprint density at radius 2 is 1.35 bits per heavy atom. The van der Waals surface area contributed by atoms with Crippen LogP contribution in [0, 0.1) is 0 Å². The van der Waals surface area contributed by atoms with Gasteiger partial charge in [-0.2, -0.15) is 0 Å². The minimum Gasteiger partial charge on any atom is -0.750 e. The molecule has 0 aliphatic carbocycles. The van der Waals surface area contributed by atoms with Crippen LogP contribution in [0.15, 0.2) is 47.5 Å². The van der Waals surface area contributed by atoms with Gasteiger partial charge in [0, 0.05) is 12.4 Å². The van der Waals surface area contributed by atoms with E-state index in [4.69, 9.17) is 13.3 Å². The molecular formula is C8H12ClN2O3S3-. The van der Waals surface area contributed by atoms with E-state index in [0.29, 0.717) is 0 Å². The van der Waals surface area contributed by atoms with E-state index in [9.17, 15) is 0 Å². The second-order valence-electron chi connectivity index (χ2n) is 2.06. The first-order valence-corrected chi connectivity index (χ1v) is 6.76. The fourth-order valence-electron chi connectivity index (χ4n) is 0.516. The van der Waals surface area contributed by atoms with Crippen molar-refractivity contribution in [1.29, 1.82) is 0 Å². The second-order valence-corrected chi connectivity index (χ2v) is 3.99. The quantitative estimate of drug-likeness (QED) is 0.467. The highest BCUT2D eigenvalue weighted by molar-refractivity contribution is 8.00. The third-order valence-electron chi connectivity index (χ3n) is 0.980. The summed E-state index contributed by atoms with van der Waals surface area (Å²) in [5.41, 5.74) is 0. The highest BCUT2D eigenvalue weighted by atomic mass is 35.5. The minimum absolute atomic E-state index is 0. The molecule has 2 rings (SSSR count). The molecule has 0 saturated carbocycles. The zero-order chi connectivity index (χ0) is 12.1. The molecule has 9 heteroatoms. The summed E-state index contributed by atoms with van der Waals surface area (Å²) in [6, 6.07) is 0. The zero-order valence-corrected chi connectivity index (χ0v) is 11.8. The third kappa shape index (κ3) is 21.5. The van der Waals surface area contributed by atoms with Crippen LogP contribution in [0.2, 0.25) is 0 Å². The highest BCUT2D eigenvalue weighted by Gasteiger charge is 1.75. The fourth-order valence-corrected chi connectivity index (χ4v) is 1.33. The van der Waals surface area contributed by atoms with E-state index < -0.39 is 11.4 Å². The molecule has 0 amide bonds. The van der Waals surface area contributed by atoms with E-state index in [1.54, 1.807) is 23.9 Å². The van der Waals surface area contributed by atoms with E-state index in [0.717, 1.165) is 0 Å². The van der Waals surface area contributed by atoms with Gasteiger partial charge in [0.05, 0.1) is 11.4 Å². The Labute approximate surface area is 118 Å². The fraction of sp³-hybridized carbons (Fsp3) is 0. The van der Waals surface area contributed by atoms with Crippen molar-refractivity contribution in [1.82, 2.24) is 9.44 Å². The van der Waals surface area contributed by atoms with Gasteiger partial charge < -0.3 is 18.5 Å². The number of rotatable bonds is 0. The lowest BCUT2D eigenvalue weighted by Crippen LogP contribution is -1.88. The van der Waals surface area contributed by atoms with Crippen LogP contribution in [0.1, 0.15) is 0 Å². The lowest BCUT2D eigenvalue weighted by atomic mass is 10.6. The van der Waals surface area contributed by atoms with Crippen LogP contribution in [0.5, 0.6) is 0 Å². The molecule has 0 spiro atoms. The van der Waals surface area contributed by atoms with Crippen LogP contribution in [0.25, 0.3) is 0 Å². The Hall–Kier alpha value is -0.380. The molecule has 2 aliphatic heterocycles. The van der Waals surface area contributed by atoms with Crippen LogP contribution in [-0.2, 0) is 11.4 Å². The van der Waals surface area contributed by atoms with Crippen LogP contribution < -0.4 is 9.44 Å². The molecule has 0 aromatic rings. The third-order valence-corrected chi connectivity index (χ3v) is 2.11. The SMILES string of the molecule is C1=CNSC=C1.C1=CNSC=C1.Cl.O=S([O-])O. The predicted molar refractivity (Wildman–Crippen MR) is 76.8 cm³/mol. The highest BCUT2D eigenvalue weighted by Crippen LogP contribution is 1.99. The molecule has 5 nitrogen and oxygen atoms in total. The first-order chi connectivity index (χ1) is 7.73. The van der Waals surface area contributed by atoms with Gasteiger partial charge in [0.1, 0.15) is 0 Å². The molecule has 0 fully saturated rings. The number of allylic oxidation sites excluding steroid dienone is 4. The second kappa shape index (κ2) is 15.6. The molecule has 0 bridgehead atoms. The lowest BCUT2D eigenvalue weighted by Gasteiger charge is -1.93. The van der Waals surface area contributed by atoms with E-state index in [-0.39, 0.29) is 12.4 Å². The Balaban J connectivity index is 0. The lowest BCUT2D eigenvalue weighted by molar-refractivity contribution is 0.436. The van der Waals surface area contributed by atoms with Gasteiger partial charge in [-0.15, -0.1) is 12.4 Å². The number of hydrogen-bond acceptors (Lipinski definition) is 6. The summed E-state index contributed by atoms with van der Waals surface area (Å²) in [4.78, 5) is 0. The first-order valence-electron chi connectivity index (χ1n) is 3.97. The molecular weight excluding hydrogens is 304 g/mol. The largest absolute Gasteiger partial charge is 0.750 e. The van der Waals surface area contributed by atoms with Gasteiger partial charge in [-0.3, -0.25) is 0 Å². The van der Waals surface area contributed by atoms with E-state index in [2.05, 4.69) is 9.44 Å². The zero-order valence-electron chi connectivity index (χ0n) is 8.52. The van der Waals surface area contributed by atoms with E-state index in [1.165, 1.54) is 0 Å². The van der Waals surface area contributed by atoms with Gasteiger partial charge >= 0.3 is 0 Å². The monoisotopic (exact) mass is 315 g/mol. The molecule has 98 valence electrons. The molecule has 0 radical (unpaired) electrons. The van der Waals surface area contributed by atoms with Crippen LogP contribution >= 0.6 is 36.3 Å². The molecule has 1 unspecified atom stereocenters. The molecule has 0 saturated heterocycles. The van der Waals surface area contributed by atoms with Gasteiger partial charge in [0.15, 0.2) is 0 Å². The number of halogens is 1. The van der Waals surface area contributed by atoms with Crippen LogP contribution in [0.3, 0.4) is 0 Å².